The maximum Gasteiger partial charge on any atom is 0.225 e. The molecule has 2 aromatic rings. The van der Waals surface area contributed by atoms with Crippen molar-refractivity contribution in [1.82, 2.24) is 25.5 Å². The maximum atomic E-state index is 12.2. The number of benzene rings is 1. The number of amides is 1. The van der Waals surface area contributed by atoms with Crippen LogP contribution in [0.3, 0.4) is 0 Å². The molecule has 1 aromatic heterocycles. The normalized spacial score (nSPS) is 17.7. The number of nitrogens with zero attached hydrogens (tertiary/aromatic N) is 4. The van der Waals surface area contributed by atoms with E-state index in [0.29, 0.717) is 23.5 Å². The molecule has 1 fully saturated rings. The van der Waals surface area contributed by atoms with Crippen molar-refractivity contribution in [3.05, 3.63) is 24.5 Å². The van der Waals surface area contributed by atoms with Crippen LogP contribution in [0.5, 0.6) is 5.75 Å². The molecule has 0 saturated carbocycles. The van der Waals surface area contributed by atoms with Crippen LogP contribution in [-0.4, -0.2) is 57.3 Å². The first kappa shape index (κ1) is 15.8. The number of nitrogens with one attached hydrogen (secondary N) is 2. The van der Waals surface area contributed by atoms with Gasteiger partial charge in [-0.25, -0.2) is 0 Å². The Kier molecular flexibility index (Phi) is 5.09. The van der Waals surface area contributed by atoms with E-state index in [2.05, 4.69) is 26.2 Å². The van der Waals surface area contributed by atoms with Crippen molar-refractivity contribution in [2.45, 2.75) is 12.5 Å². The summed E-state index contributed by atoms with van der Waals surface area (Å²) in [7, 11) is 1.58. The lowest BCUT2D eigenvalue weighted by Crippen LogP contribution is -2.39. The summed E-state index contributed by atoms with van der Waals surface area (Å²) in [5.41, 5.74) is 1.35. The fraction of sp³-hybridized carbons (Fsp3) is 0.429. The van der Waals surface area contributed by atoms with Gasteiger partial charge in [0.2, 0.25) is 5.91 Å². The summed E-state index contributed by atoms with van der Waals surface area (Å²) in [5.74, 6) is 2.68. The van der Waals surface area contributed by atoms with Crippen molar-refractivity contribution < 1.29 is 9.53 Å². The van der Waals surface area contributed by atoms with Gasteiger partial charge in [0, 0.05) is 36.2 Å². The lowest BCUT2D eigenvalue weighted by molar-refractivity contribution is -0.116. The number of hydrogen-bond acceptors (Lipinski definition) is 7. The van der Waals surface area contributed by atoms with Crippen LogP contribution in [0.1, 0.15) is 6.42 Å². The summed E-state index contributed by atoms with van der Waals surface area (Å²) < 4.78 is 6.80. The van der Waals surface area contributed by atoms with Gasteiger partial charge in [-0.1, -0.05) is 0 Å². The number of aromatic nitrogens is 4. The first-order valence-electron chi connectivity index (χ1n) is 7.28. The van der Waals surface area contributed by atoms with Gasteiger partial charge in [-0.3, -0.25) is 4.79 Å². The molecule has 0 bridgehead atoms. The van der Waals surface area contributed by atoms with E-state index in [-0.39, 0.29) is 11.9 Å². The van der Waals surface area contributed by atoms with Gasteiger partial charge in [-0.05, 0) is 28.6 Å². The number of carbonyl (C=O) groups is 1. The van der Waals surface area contributed by atoms with Crippen molar-refractivity contribution in [2.24, 2.45) is 0 Å². The van der Waals surface area contributed by atoms with E-state index in [4.69, 9.17) is 4.74 Å². The summed E-state index contributed by atoms with van der Waals surface area (Å²) in [6.07, 6.45) is 1.94. The third kappa shape index (κ3) is 3.99. The van der Waals surface area contributed by atoms with E-state index in [1.165, 1.54) is 11.0 Å². The van der Waals surface area contributed by atoms with Crippen LogP contribution in [0.15, 0.2) is 24.5 Å². The Hall–Kier alpha value is -2.13. The zero-order chi connectivity index (χ0) is 16.1. The van der Waals surface area contributed by atoms with Crippen molar-refractivity contribution in [2.75, 3.05) is 30.5 Å². The van der Waals surface area contributed by atoms with Gasteiger partial charge in [0.05, 0.1) is 7.11 Å². The Morgan fingerprint density at radius 3 is 3.17 bits per heavy atom. The van der Waals surface area contributed by atoms with Crippen LogP contribution in [0, 0.1) is 0 Å². The summed E-state index contributed by atoms with van der Waals surface area (Å²) in [6.45, 7) is 0.953. The molecule has 2 N–H and O–H groups in total. The molecule has 1 saturated heterocycles. The van der Waals surface area contributed by atoms with Gasteiger partial charge in [0.15, 0.2) is 0 Å². The van der Waals surface area contributed by atoms with E-state index in [1.807, 2.05) is 11.8 Å². The molecule has 23 heavy (non-hydrogen) atoms. The highest BCUT2D eigenvalue weighted by molar-refractivity contribution is 7.99. The minimum absolute atomic E-state index is 0.0159. The van der Waals surface area contributed by atoms with Crippen LogP contribution >= 0.6 is 11.8 Å². The Bertz CT molecular complexity index is 657. The van der Waals surface area contributed by atoms with Gasteiger partial charge in [-0.2, -0.15) is 16.4 Å². The molecule has 1 atom stereocenters. The van der Waals surface area contributed by atoms with E-state index in [1.54, 1.807) is 25.3 Å². The van der Waals surface area contributed by atoms with Crippen LogP contribution in [0.25, 0.3) is 5.69 Å². The van der Waals surface area contributed by atoms with Gasteiger partial charge in [0.25, 0.3) is 0 Å². The zero-order valence-corrected chi connectivity index (χ0v) is 13.5. The maximum absolute atomic E-state index is 12.2. The molecule has 1 aliphatic heterocycles. The predicted molar refractivity (Wildman–Crippen MR) is 88.1 cm³/mol. The molecule has 0 radical (unpaired) electrons. The third-order valence-corrected chi connectivity index (χ3v) is 4.62. The summed E-state index contributed by atoms with van der Waals surface area (Å²) in [5, 5.41) is 17.4. The minimum atomic E-state index is -0.0159. The predicted octanol–water partition coefficient (Wildman–Crippen LogP) is 0.704. The summed E-state index contributed by atoms with van der Waals surface area (Å²) in [4.78, 5) is 12.2. The first-order valence-corrected chi connectivity index (χ1v) is 8.44. The molecule has 1 unspecified atom stereocenters. The number of methoxy groups -OCH3 is 1. The molecule has 1 amide bonds. The summed E-state index contributed by atoms with van der Waals surface area (Å²) >= 11 is 1.87. The number of anilines is 1. The first-order chi connectivity index (χ1) is 11.3. The smallest absolute Gasteiger partial charge is 0.225 e. The molecule has 122 valence electrons. The highest BCUT2D eigenvalue weighted by Crippen LogP contribution is 2.25. The molecule has 0 aliphatic carbocycles. The van der Waals surface area contributed by atoms with Gasteiger partial charge in [-0.15, -0.1) is 5.10 Å². The number of carbonyl (C=O) groups excluding carboxylic acids is 1. The number of ether oxygens (including phenoxy) is 1. The molecule has 2 heterocycles. The van der Waals surface area contributed by atoms with Crippen molar-refractivity contribution in [3.8, 4) is 11.4 Å². The topological polar surface area (TPSA) is 94.0 Å². The number of hydrogen-bond donors (Lipinski definition) is 2. The van der Waals surface area contributed by atoms with Crippen LogP contribution < -0.4 is 15.4 Å². The number of thioether (sulfide) groups is 1. The highest BCUT2D eigenvalue weighted by atomic mass is 32.2. The lowest BCUT2D eigenvalue weighted by Gasteiger charge is -2.22. The summed E-state index contributed by atoms with van der Waals surface area (Å²) in [6, 6.07) is 5.59. The molecular formula is C14H18N6O2S. The van der Waals surface area contributed by atoms with E-state index in [9.17, 15) is 4.79 Å². The standard InChI is InChI=1S/C14H18N6O2S/c1-22-13-3-2-10(6-12(13)20-9-16-18-19-20)17-14(21)7-11-8-23-5-4-15-11/h2-3,6,9,11,15H,4-5,7-8H2,1H3,(H,17,21). The van der Waals surface area contributed by atoms with E-state index >= 15 is 0 Å². The van der Waals surface area contributed by atoms with E-state index < -0.39 is 0 Å². The van der Waals surface area contributed by atoms with Crippen molar-refractivity contribution >= 4 is 23.4 Å². The molecular weight excluding hydrogens is 316 g/mol. The molecule has 0 spiro atoms. The van der Waals surface area contributed by atoms with Gasteiger partial charge < -0.3 is 15.4 Å². The Balaban J connectivity index is 1.70. The van der Waals surface area contributed by atoms with Gasteiger partial charge >= 0.3 is 0 Å². The second-order valence-corrected chi connectivity index (χ2v) is 6.27. The average molecular weight is 334 g/mol. The van der Waals surface area contributed by atoms with E-state index in [0.717, 1.165) is 18.1 Å². The average Bonchev–Trinajstić information content (AvgIpc) is 3.10. The van der Waals surface area contributed by atoms with Crippen LogP contribution in [-0.2, 0) is 4.79 Å². The van der Waals surface area contributed by atoms with Crippen molar-refractivity contribution in [1.29, 1.82) is 0 Å². The Morgan fingerprint density at radius 2 is 2.48 bits per heavy atom. The third-order valence-electron chi connectivity index (χ3n) is 3.49. The van der Waals surface area contributed by atoms with Crippen molar-refractivity contribution in [3.63, 3.8) is 0 Å². The largest absolute Gasteiger partial charge is 0.494 e. The monoisotopic (exact) mass is 334 g/mol. The Morgan fingerprint density at radius 1 is 1.57 bits per heavy atom. The molecule has 1 aliphatic rings. The fourth-order valence-electron chi connectivity index (χ4n) is 2.41. The second kappa shape index (κ2) is 7.42. The SMILES string of the molecule is COc1ccc(NC(=O)CC2CSCCN2)cc1-n1cnnn1. The van der Waals surface area contributed by atoms with Crippen LogP contribution in [0.4, 0.5) is 5.69 Å². The minimum Gasteiger partial charge on any atom is -0.494 e. The Labute approximate surface area is 138 Å². The molecule has 9 heteroatoms. The second-order valence-electron chi connectivity index (χ2n) is 5.12. The fourth-order valence-corrected chi connectivity index (χ4v) is 3.35. The molecule has 3 rings (SSSR count). The lowest BCUT2D eigenvalue weighted by atomic mass is 10.2. The molecule has 8 nitrogen and oxygen atoms in total. The number of tetrazole rings is 1. The molecule has 1 aromatic carbocycles. The van der Waals surface area contributed by atoms with Crippen LogP contribution in [0.2, 0.25) is 0 Å². The number of rotatable bonds is 5. The quantitative estimate of drug-likeness (QED) is 0.831. The van der Waals surface area contributed by atoms with Gasteiger partial charge in [0.1, 0.15) is 17.8 Å². The highest BCUT2D eigenvalue weighted by Gasteiger charge is 2.17. The zero-order valence-electron chi connectivity index (χ0n) is 12.7.